The number of benzene rings is 2. The number of carbonyl (C=O) groups is 1. The first-order valence-corrected chi connectivity index (χ1v) is 18.4. The van der Waals surface area contributed by atoms with Gasteiger partial charge >= 0.3 is 5.97 Å². The Hall–Kier alpha value is -2.62. The molecule has 5 saturated carbocycles. The molecule has 5 fully saturated rings. The van der Waals surface area contributed by atoms with Crippen molar-refractivity contribution in [2.45, 2.75) is 62.3 Å². The maximum atomic E-state index is 13.8. The molecule has 2 aromatic carbocycles. The number of halogens is 1. The lowest BCUT2D eigenvalue weighted by Crippen LogP contribution is -2.75. The standard InChI is InChI=1S/C36H42BrN3O4S/c1-19(2)23-17-22(45-12-6-11-37)9-10-28(23)39-29(33-30(42-3)7-5-8-31(33)43-4)18-27(38)34-40-36(35(41)44-34)25-16-21-13-20-14-24(25)32(21)26(36)15-20/h5,7-10,17-21,24-26,32,38-39H,6,11-16H2,1-4H3/p+1/b29-18-,38-27?. The smallest absolute Gasteiger partial charge is 0.341 e. The topological polar surface area (TPSA) is 97.6 Å². The van der Waals surface area contributed by atoms with E-state index in [1.807, 2.05) is 30.0 Å². The number of carbonyl (C=O) groups excluding carboxylic acids is 1. The van der Waals surface area contributed by atoms with E-state index in [0.29, 0.717) is 29.3 Å². The van der Waals surface area contributed by atoms with Gasteiger partial charge in [0.15, 0.2) is 11.2 Å². The number of aliphatic imine (C=N–C) groups is 1. The molecule has 1 aliphatic heterocycles. The number of nitrogens with two attached hydrogens (primary N) is 1. The summed E-state index contributed by atoms with van der Waals surface area (Å²) in [6.45, 7) is 4.41. The van der Waals surface area contributed by atoms with E-state index in [9.17, 15) is 10.2 Å². The molecular formula is C36H43BrN3O4S+. The van der Waals surface area contributed by atoms with Crippen molar-refractivity contribution in [2.24, 2.45) is 40.5 Å². The maximum absolute atomic E-state index is 13.8. The molecule has 0 aromatic heterocycles. The first-order valence-electron chi connectivity index (χ1n) is 16.3. The average Bonchev–Trinajstić information content (AvgIpc) is 3.59. The van der Waals surface area contributed by atoms with Crippen molar-refractivity contribution in [1.82, 2.24) is 0 Å². The van der Waals surface area contributed by atoms with Gasteiger partial charge in [-0.3, -0.25) is 10.7 Å². The Labute approximate surface area is 278 Å². The second-order valence-electron chi connectivity index (χ2n) is 13.7. The summed E-state index contributed by atoms with van der Waals surface area (Å²) in [7, 11) is 3.29. The monoisotopic (exact) mass is 692 g/mol. The molecule has 5 aliphatic carbocycles. The Morgan fingerprint density at radius 2 is 1.93 bits per heavy atom. The molecule has 2 aromatic rings. The number of esters is 1. The molecule has 45 heavy (non-hydrogen) atoms. The Morgan fingerprint density at radius 3 is 2.62 bits per heavy atom. The molecule has 0 amide bonds. The number of methoxy groups -OCH3 is 2. The normalized spacial score (nSPS) is 30.8. The summed E-state index contributed by atoms with van der Waals surface area (Å²) in [5, 5.41) is 12.4. The van der Waals surface area contributed by atoms with E-state index in [0.717, 1.165) is 53.2 Å². The zero-order valence-electron chi connectivity index (χ0n) is 26.5. The third-order valence-electron chi connectivity index (χ3n) is 11.1. The summed E-state index contributed by atoms with van der Waals surface area (Å²) in [6, 6.07) is 12.3. The number of hydrogen-bond acceptors (Lipinski definition) is 7. The molecule has 7 nitrogen and oxygen atoms in total. The molecule has 3 N–H and O–H groups in total. The number of hydrogen-bond donors (Lipinski definition) is 2. The molecule has 7 atom stereocenters. The van der Waals surface area contributed by atoms with Crippen LogP contribution in [0.25, 0.3) is 5.70 Å². The van der Waals surface area contributed by atoms with Gasteiger partial charge < -0.3 is 14.2 Å². The van der Waals surface area contributed by atoms with Crippen LogP contribution in [-0.4, -0.2) is 48.4 Å². The first kappa shape index (κ1) is 31.0. The van der Waals surface area contributed by atoms with Crippen molar-refractivity contribution >= 4 is 56.7 Å². The van der Waals surface area contributed by atoms with Gasteiger partial charge in [0.25, 0.3) is 0 Å². The minimum absolute atomic E-state index is 0.0926. The molecule has 1 heterocycles. The van der Waals surface area contributed by atoms with E-state index in [-0.39, 0.29) is 35.3 Å². The summed E-state index contributed by atoms with van der Waals surface area (Å²) in [5.41, 5.74) is 3.06. The zero-order chi connectivity index (χ0) is 31.5. The number of fused-ring (bicyclic) bond motifs is 1. The van der Waals surface area contributed by atoms with Crippen molar-refractivity contribution in [3.63, 3.8) is 0 Å². The van der Waals surface area contributed by atoms with Crippen LogP contribution < -0.4 is 14.8 Å². The summed E-state index contributed by atoms with van der Waals surface area (Å²) >= 11 is 5.40. The lowest BCUT2D eigenvalue weighted by Gasteiger charge is -2.48. The molecule has 0 saturated heterocycles. The van der Waals surface area contributed by atoms with Crippen LogP contribution >= 0.6 is 27.7 Å². The van der Waals surface area contributed by atoms with Crippen molar-refractivity contribution in [3.8, 4) is 11.5 Å². The highest BCUT2D eigenvalue weighted by Gasteiger charge is 2.75. The molecule has 238 valence electrons. The van der Waals surface area contributed by atoms with Crippen LogP contribution in [0.4, 0.5) is 5.69 Å². The molecule has 6 bridgehead atoms. The van der Waals surface area contributed by atoms with Crippen molar-refractivity contribution in [2.75, 3.05) is 25.3 Å². The Balaban J connectivity index is 1.26. The first-order chi connectivity index (χ1) is 21.8. The number of cyclic esters (lactones) is 1. The number of nitrogens with one attached hydrogen (secondary N) is 1. The largest absolute Gasteiger partial charge is 0.496 e. The quantitative estimate of drug-likeness (QED) is 0.0626. The number of ether oxygens (including phenoxy) is 3. The second kappa shape index (κ2) is 12.2. The van der Waals surface area contributed by atoms with E-state index in [1.165, 1.54) is 23.3 Å². The average molecular weight is 694 g/mol. The SMILES string of the molecule is COc1cccc(OC)c1/C(=C/C(=N)C1=NC2(C(=O)O1)C1CC3CC4CC1C3C2C4)[NH2+]c1ccc(SCCCBr)cc1C(C)C. The minimum Gasteiger partial charge on any atom is -0.496 e. The van der Waals surface area contributed by atoms with E-state index in [2.05, 4.69) is 53.3 Å². The Bertz CT molecular complexity index is 1560. The third kappa shape index (κ3) is 5.08. The van der Waals surface area contributed by atoms with Crippen LogP contribution in [-0.2, 0) is 9.53 Å². The second-order valence-corrected chi connectivity index (χ2v) is 15.6. The molecule has 8 rings (SSSR count). The van der Waals surface area contributed by atoms with Gasteiger partial charge in [0.2, 0.25) is 5.90 Å². The lowest BCUT2D eigenvalue weighted by molar-refractivity contribution is -0.469. The van der Waals surface area contributed by atoms with Gasteiger partial charge in [0.1, 0.15) is 28.5 Å². The van der Waals surface area contributed by atoms with Crippen LogP contribution in [0.15, 0.2) is 52.4 Å². The van der Waals surface area contributed by atoms with E-state index >= 15 is 0 Å². The van der Waals surface area contributed by atoms with Crippen LogP contribution in [0.3, 0.4) is 0 Å². The highest BCUT2D eigenvalue weighted by Crippen LogP contribution is 2.73. The predicted molar refractivity (Wildman–Crippen MR) is 182 cm³/mol. The predicted octanol–water partition coefficient (Wildman–Crippen LogP) is 6.97. The van der Waals surface area contributed by atoms with Gasteiger partial charge in [-0.05, 0) is 104 Å². The van der Waals surface area contributed by atoms with Gasteiger partial charge in [-0.2, -0.15) is 0 Å². The van der Waals surface area contributed by atoms with Gasteiger partial charge in [0, 0.05) is 27.9 Å². The number of quaternary nitrogens is 1. The molecular weight excluding hydrogens is 650 g/mol. The summed E-state index contributed by atoms with van der Waals surface area (Å²) in [4.78, 5) is 20.1. The fraction of sp³-hybridized carbons (Fsp3) is 0.528. The van der Waals surface area contributed by atoms with Crippen LogP contribution in [0.1, 0.15) is 63.0 Å². The van der Waals surface area contributed by atoms with E-state index in [4.69, 9.17) is 19.2 Å². The Morgan fingerprint density at radius 1 is 1.16 bits per heavy atom. The minimum atomic E-state index is -0.796. The third-order valence-corrected chi connectivity index (χ3v) is 12.8. The number of nitrogens with zero attached hydrogens (tertiary/aromatic N) is 1. The zero-order valence-corrected chi connectivity index (χ0v) is 28.9. The van der Waals surface area contributed by atoms with Crippen LogP contribution in [0, 0.1) is 40.9 Å². The summed E-state index contributed by atoms with van der Waals surface area (Å²) in [6.07, 6.45) is 7.59. The van der Waals surface area contributed by atoms with Gasteiger partial charge in [-0.1, -0.05) is 35.8 Å². The number of thioether (sulfide) groups is 1. The molecule has 9 heteroatoms. The van der Waals surface area contributed by atoms with Crippen molar-refractivity contribution in [1.29, 1.82) is 5.41 Å². The molecule has 6 aliphatic rings. The number of alkyl halides is 1. The lowest BCUT2D eigenvalue weighted by atomic mass is 9.57. The van der Waals surface area contributed by atoms with Crippen LogP contribution in [0.5, 0.6) is 11.5 Å². The highest BCUT2D eigenvalue weighted by molar-refractivity contribution is 9.09. The van der Waals surface area contributed by atoms with E-state index in [1.54, 1.807) is 20.3 Å². The van der Waals surface area contributed by atoms with Crippen LogP contribution in [0.2, 0.25) is 0 Å². The summed E-state index contributed by atoms with van der Waals surface area (Å²) < 4.78 is 17.6. The molecule has 0 radical (unpaired) electrons. The van der Waals surface area contributed by atoms with Gasteiger partial charge in [-0.15, -0.1) is 11.8 Å². The molecule has 1 spiro atoms. The maximum Gasteiger partial charge on any atom is 0.341 e. The van der Waals surface area contributed by atoms with Gasteiger partial charge in [0.05, 0.1) is 14.2 Å². The van der Waals surface area contributed by atoms with E-state index < -0.39 is 5.54 Å². The van der Waals surface area contributed by atoms with Gasteiger partial charge in [-0.25, -0.2) is 9.79 Å². The van der Waals surface area contributed by atoms with Crippen molar-refractivity contribution < 1.29 is 24.3 Å². The summed E-state index contributed by atoms with van der Waals surface area (Å²) in [5.74, 6) is 5.71. The fourth-order valence-electron chi connectivity index (χ4n) is 9.56. The fourth-order valence-corrected chi connectivity index (χ4v) is 11.1. The Kier molecular flexibility index (Phi) is 8.40. The number of rotatable bonds is 12. The van der Waals surface area contributed by atoms with Crippen molar-refractivity contribution in [3.05, 3.63) is 53.6 Å². The molecule has 7 unspecified atom stereocenters. The highest BCUT2D eigenvalue weighted by atomic mass is 79.9.